The number of hydroxylamine groups is 1. The molecule has 1 aromatic rings. The second-order valence-corrected chi connectivity index (χ2v) is 2.91. The molecule has 0 aliphatic rings. The van der Waals surface area contributed by atoms with Crippen molar-refractivity contribution in [2.45, 2.75) is 13.5 Å². The van der Waals surface area contributed by atoms with Crippen LogP contribution < -0.4 is 5.48 Å². The van der Waals surface area contributed by atoms with E-state index in [0.29, 0.717) is 13.2 Å². The minimum Gasteiger partial charge on any atom is -0.302 e. The lowest BCUT2D eigenvalue weighted by atomic mass is 10.2. The van der Waals surface area contributed by atoms with Crippen molar-refractivity contribution in [3.8, 4) is 0 Å². The van der Waals surface area contributed by atoms with Gasteiger partial charge in [0.15, 0.2) is 0 Å². The third-order valence-electron chi connectivity index (χ3n) is 1.51. The standard InChI is InChI=1S/C9H11ClFNO/c1-2-13-12-6-7-3-4-9(11)8(10)5-7/h3-5,12H,2,6H2,1H3. The van der Waals surface area contributed by atoms with Gasteiger partial charge in [-0.25, -0.2) is 4.39 Å². The fourth-order valence-electron chi connectivity index (χ4n) is 0.886. The van der Waals surface area contributed by atoms with E-state index in [1.165, 1.54) is 6.07 Å². The highest BCUT2D eigenvalue weighted by molar-refractivity contribution is 6.30. The van der Waals surface area contributed by atoms with E-state index >= 15 is 0 Å². The number of benzene rings is 1. The molecule has 13 heavy (non-hydrogen) atoms. The Hall–Kier alpha value is -0.640. The maximum atomic E-state index is 12.7. The highest BCUT2D eigenvalue weighted by atomic mass is 35.5. The Labute approximate surface area is 81.6 Å². The zero-order valence-electron chi connectivity index (χ0n) is 7.31. The SMILES string of the molecule is CCONCc1ccc(F)c(Cl)c1. The summed E-state index contributed by atoms with van der Waals surface area (Å²) in [6.45, 7) is 2.99. The van der Waals surface area contributed by atoms with Crippen LogP contribution in [0, 0.1) is 5.82 Å². The average molecular weight is 204 g/mol. The maximum absolute atomic E-state index is 12.7. The minimum absolute atomic E-state index is 0.135. The van der Waals surface area contributed by atoms with Crippen molar-refractivity contribution < 1.29 is 9.23 Å². The van der Waals surface area contributed by atoms with Crippen LogP contribution in [0.1, 0.15) is 12.5 Å². The normalized spacial score (nSPS) is 10.4. The zero-order chi connectivity index (χ0) is 9.68. The molecular weight excluding hydrogens is 193 g/mol. The highest BCUT2D eigenvalue weighted by Crippen LogP contribution is 2.15. The van der Waals surface area contributed by atoms with E-state index in [9.17, 15) is 4.39 Å². The summed E-state index contributed by atoms with van der Waals surface area (Å²) < 4.78 is 12.7. The molecule has 1 rings (SSSR count). The Balaban J connectivity index is 2.53. The van der Waals surface area contributed by atoms with Gasteiger partial charge in [0.2, 0.25) is 0 Å². The summed E-state index contributed by atoms with van der Waals surface area (Å²) in [6.07, 6.45) is 0. The van der Waals surface area contributed by atoms with E-state index in [2.05, 4.69) is 5.48 Å². The van der Waals surface area contributed by atoms with Gasteiger partial charge < -0.3 is 4.84 Å². The smallest absolute Gasteiger partial charge is 0.141 e. The number of nitrogens with one attached hydrogen (secondary N) is 1. The van der Waals surface area contributed by atoms with Crippen molar-refractivity contribution in [1.82, 2.24) is 5.48 Å². The lowest BCUT2D eigenvalue weighted by Crippen LogP contribution is -2.13. The Morgan fingerprint density at radius 1 is 1.54 bits per heavy atom. The van der Waals surface area contributed by atoms with Gasteiger partial charge in [-0.05, 0) is 24.6 Å². The van der Waals surface area contributed by atoms with Crippen LogP contribution in [-0.4, -0.2) is 6.61 Å². The fourth-order valence-corrected chi connectivity index (χ4v) is 1.09. The molecule has 0 amide bonds. The summed E-state index contributed by atoms with van der Waals surface area (Å²) in [5.41, 5.74) is 3.61. The molecule has 72 valence electrons. The second kappa shape index (κ2) is 5.17. The first-order chi connectivity index (χ1) is 6.24. The first kappa shape index (κ1) is 10.4. The summed E-state index contributed by atoms with van der Waals surface area (Å²) in [5, 5.41) is 0.135. The zero-order valence-corrected chi connectivity index (χ0v) is 8.07. The minimum atomic E-state index is -0.401. The van der Waals surface area contributed by atoms with Crippen molar-refractivity contribution in [2.24, 2.45) is 0 Å². The molecule has 2 nitrogen and oxygen atoms in total. The first-order valence-corrected chi connectivity index (χ1v) is 4.40. The first-order valence-electron chi connectivity index (χ1n) is 4.02. The topological polar surface area (TPSA) is 21.3 Å². The average Bonchev–Trinajstić information content (AvgIpc) is 2.12. The molecule has 0 aliphatic heterocycles. The summed E-state index contributed by atoms with van der Waals surface area (Å²) >= 11 is 5.58. The molecular formula is C9H11ClFNO. The van der Waals surface area contributed by atoms with Crippen molar-refractivity contribution in [2.75, 3.05) is 6.61 Å². The van der Waals surface area contributed by atoms with Gasteiger partial charge in [-0.2, -0.15) is 5.48 Å². The summed E-state index contributed by atoms with van der Waals surface area (Å²) in [5.74, 6) is -0.401. The van der Waals surface area contributed by atoms with Crippen LogP contribution in [0.2, 0.25) is 5.02 Å². The van der Waals surface area contributed by atoms with Gasteiger partial charge in [0.25, 0.3) is 0 Å². The van der Waals surface area contributed by atoms with Crippen LogP contribution in [0.15, 0.2) is 18.2 Å². The molecule has 4 heteroatoms. The molecule has 0 unspecified atom stereocenters. The van der Waals surface area contributed by atoms with Gasteiger partial charge in [0.05, 0.1) is 11.6 Å². The summed E-state index contributed by atoms with van der Waals surface area (Å²) in [4.78, 5) is 4.92. The third kappa shape index (κ3) is 3.30. The van der Waals surface area contributed by atoms with Gasteiger partial charge in [-0.3, -0.25) is 0 Å². The largest absolute Gasteiger partial charge is 0.302 e. The van der Waals surface area contributed by atoms with Crippen molar-refractivity contribution >= 4 is 11.6 Å². The van der Waals surface area contributed by atoms with Crippen molar-refractivity contribution in [3.05, 3.63) is 34.6 Å². The number of hydrogen-bond donors (Lipinski definition) is 1. The molecule has 0 bridgehead atoms. The lowest BCUT2D eigenvalue weighted by molar-refractivity contribution is 0.0463. The molecule has 0 radical (unpaired) electrons. The quantitative estimate of drug-likeness (QED) is 0.600. The van der Waals surface area contributed by atoms with E-state index in [1.54, 1.807) is 12.1 Å². The molecule has 0 aliphatic carbocycles. The molecule has 0 aromatic heterocycles. The summed E-state index contributed by atoms with van der Waals surface area (Å²) in [7, 11) is 0. The van der Waals surface area contributed by atoms with Gasteiger partial charge in [0, 0.05) is 6.54 Å². The van der Waals surface area contributed by atoms with Crippen LogP contribution >= 0.6 is 11.6 Å². The predicted octanol–water partition coefficient (Wildman–Crippen LogP) is 2.52. The number of rotatable bonds is 4. The van der Waals surface area contributed by atoms with E-state index in [4.69, 9.17) is 16.4 Å². The molecule has 1 N–H and O–H groups in total. The highest BCUT2D eigenvalue weighted by Gasteiger charge is 1.99. The van der Waals surface area contributed by atoms with Gasteiger partial charge >= 0.3 is 0 Å². The fraction of sp³-hybridized carbons (Fsp3) is 0.333. The second-order valence-electron chi connectivity index (χ2n) is 2.50. The molecule has 0 heterocycles. The van der Waals surface area contributed by atoms with Crippen LogP contribution in [0.5, 0.6) is 0 Å². The molecule has 0 saturated carbocycles. The van der Waals surface area contributed by atoms with E-state index in [-0.39, 0.29) is 5.02 Å². The molecule has 1 aromatic carbocycles. The Morgan fingerprint density at radius 3 is 2.92 bits per heavy atom. The van der Waals surface area contributed by atoms with Crippen molar-refractivity contribution in [1.29, 1.82) is 0 Å². The molecule has 0 saturated heterocycles. The van der Waals surface area contributed by atoms with Gasteiger partial charge in [-0.15, -0.1) is 0 Å². The Bertz CT molecular complexity index is 280. The number of halogens is 2. The summed E-state index contributed by atoms with van der Waals surface area (Å²) in [6, 6.07) is 4.57. The predicted molar refractivity (Wildman–Crippen MR) is 49.9 cm³/mol. The number of hydrogen-bond acceptors (Lipinski definition) is 2. The van der Waals surface area contributed by atoms with Crippen LogP contribution in [0.25, 0.3) is 0 Å². The molecule has 0 spiro atoms. The Kier molecular flexibility index (Phi) is 4.15. The van der Waals surface area contributed by atoms with E-state index < -0.39 is 5.82 Å². The van der Waals surface area contributed by atoms with Crippen molar-refractivity contribution in [3.63, 3.8) is 0 Å². The maximum Gasteiger partial charge on any atom is 0.141 e. The lowest BCUT2D eigenvalue weighted by Gasteiger charge is -2.04. The Morgan fingerprint density at radius 2 is 2.31 bits per heavy atom. The monoisotopic (exact) mass is 203 g/mol. The molecule has 0 atom stereocenters. The van der Waals surface area contributed by atoms with Crippen LogP contribution in [-0.2, 0) is 11.4 Å². The molecule has 0 fully saturated rings. The third-order valence-corrected chi connectivity index (χ3v) is 1.80. The van der Waals surface area contributed by atoms with E-state index in [1.807, 2.05) is 6.92 Å². The van der Waals surface area contributed by atoms with E-state index in [0.717, 1.165) is 5.56 Å². The van der Waals surface area contributed by atoms with Gasteiger partial charge in [-0.1, -0.05) is 17.7 Å². The van der Waals surface area contributed by atoms with Gasteiger partial charge in [0.1, 0.15) is 5.82 Å². The van der Waals surface area contributed by atoms with Crippen LogP contribution in [0.4, 0.5) is 4.39 Å². The van der Waals surface area contributed by atoms with Crippen LogP contribution in [0.3, 0.4) is 0 Å².